The average molecular weight is 472 g/mol. The third-order valence-electron chi connectivity index (χ3n) is 7.63. The number of amides is 1. The van der Waals surface area contributed by atoms with Gasteiger partial charge >= 0.3 is 0 Å². The van der Waals surface area contributed by atoms with E-state index >= 15 is 0 Å². The van der Waals surface area contributed by atoms with Gasteiger partial charge in [-0.2, -0.15) is 0 Å². The van der Waals surface area contributed by atoms with Crippen LogP contribution in [-0.2, 0) is 17.6 Å². The lowest BCUT2D eigenvalue weighted by atomic mass is 9.59. The third kappa shape index (κ3) is 3.59. The predicted molar refractivity (Wildman–Crippen MR) is 126 cm³/mol. The van der Waals surface area contributed by atoms with Crippen molar-refractivity contribution < 1.29 is 30.0 Å². The number of allylic oxidation sites excluding steroid dienone is 1. The van der Waals surface area contributed by atoms with Crippen molar-refractivity contribution in [2.75, 3.05) is 34.7 Å². The largest absolute Gasteiger partial charge is 0.510 e. The molecule has 4 rings (SSSR count). The van der Waals surface area contributed by atoms with Crippen LogP contribution in [-0.4, -0.2) is 88.3 Å². The minimum Gasteiger partial charge on any atom is -0.510 e. The molecule has 0 aromatic heterocycles. The van der Waals surface area contributed by atoms with Gasteiger partial charge in [-0.05, 0) is 70.6 Å². The summed E-state index contributed by atoms with van der Waals surface area (Å²) in [5, 5.41) is 44.4. The van der Waals surface area contributed by atoms with E-state index in [4.69, 9.17) is 5.73 Å². The van der Waals surface area contributed by atoms with Gasteiger partial charge in [-0.3, -0.25) is 14.5 Å². The first-order chi connectivity index (χ1) is 15.9. The van der Waals surface area contributed by atoms with Gasteiger partial charge in [0.25, 0.3) is 0 Å². The maximum Gasteiger partial charge on any atom is 0.248 e. The summed E-state index contributed by atoms with van der Waals surface area (Å²) in [4.78, 5) is 29.4. The van der Waals surface area contributed by atoms with Gasteiger partial charge in [0.1, 0.15) is 22.9 Å². The fourth-order valence-corrected chi connectivity index (χ4v) is 5.98. The summed E-state index contributed by atoms with van der Waals surface area (Å²) in [6.07, 6.45) is 1.03. The molecule has 1 aromatic carbocycles. The first-order valence-corrected chi connectivity index (χ1v) is 11.5. The van der Waals surface area contributed by atoms with Crippen molar-refractivity contribution in [3.8, 4) is 5.75 Å². The molecule has 0 spiro atoms. The molecule has 0 heterocycles. The molecule has 0 aliphatic heterocycles. The summed E-state index contributed by atoms with van der Waals surface area (Å²) in [6, 6.07) is 2.56. The molecule has 0 bridgehead atoms. The number of aliphatic hydroxyl groups is 3. The van der Waals surface area contributed by atoms with Gasteiger partial charge < -0.3 is 31.1 Å². The van der Waals surface area contributed by atoms with Crippen LogP contribution in [0.25, 0.3) is 0 Å². The van der Waals surface area contributed by atoms with E-state index in [1.54, 1.807) is 19.0 Å². The Kier molecular flexibility index (Phi) is 6.00. The van der Waals surface area contributed by atoms with Gasteiger partial charge in [-0.15, -0.1) is 0 Å². The summed E-state index contributed by atoms with van der Waals surface area (Å²) < 4.78 is 0. The molecule has 3 aliphatic carbocycles. The molecule has 0 fully saturated rings. The fourth-order valence-electron chi connectivity index (χ4n) is 5.98. The predicted octanol–water partition coefficient (Wildman–Crippen LogP) is 1.05. The van der Waals surface area contributed by atoms with Crippen molar-refractivity contribution in [1.29, 1.82) is 0 Å². The standard InChI is InChI=1S/C25H33N3O6/c1-27(2)8-7-12-5-6-17(29)19-14(12)9-13-10-16-20(28(3)4)21(30)15(24(26)33)11-25(16,34)23(32)18(13)22(19)31/h5-6,13,16,20,29-30,32,34H,7-11H2,1-4H3,(H2,26,33). The number of phenolic OH excluding ortho intramolecular Hbond substituents is 1. The Labute approximate surface area is 198 Å². The van der Waals surface area contributed by atoms with Crippen LogP contribution in [0.15, 0.2) is 34.8 Å². The van der Waals surface area contributed by atoms with Crippen LogP contribution >= 0.6 is 0 Å². The number of primary amides is 1. The summed E-state index contributed by atoms with van der Waals surface area (Å²) in [5.74, 6) is -3.35. The van der Waals surface area contributed by atoms with Gasteiger partial charge in [-0.25, -0.2) is 0 Å². The summed E-state index contributed by atoms with van der Waals surface area (Å²) in [7, 11) is 7.34. The van der Waals surface area contributed by atoms with E-state index in [0.717, 1.165) is 17.7 Å². The highest BCUT2D eigenvalue weighted by molar-refractivity contribution is 6.13. The van der Waals surface area contributed by atoms with Gasteiger partial charge in [0.2, 0.25) is 5.91 Å². The first-order valence-electron chi connectivity index (χ1n) is 11.5. The Morgan fingerprint density at radius 3 is 2.44 bits per heavy atom. The molecule has 0 radical (unpaired) electrons. The second kappa shape index (κ2) is 8.41. The number of carbonyl (C=O) groups excluding carboxylic acids is 2. The third-order valence-corrected chi connectivity index (χ3v) is 7.63. The van der Waals surface area contributed by atoms with Crippen LogP contribution in [0.2, 0.25) is 0 Å². The second-order valence-electron chi connectivity index (χ2n) is 10.2. The van der Waals surface area contributed by atoms with Crippen LogP contribution in [0.4, 0.5) is 0 Å². The minimum atomic E-state index is -1.94. The number of hydrogen-bond acceptors (Lipinski definition) is 8. The number of hydrogen-bond donors (Lipinski definition) is 5. The average Bonchev–Trinajstić information content (AvgIpc) is 2.74. The van der Waals surface area contributed by atoms with Gasteiger partial charge in [0.05, 0.1) is 17.2 Å². The van der Waals surface area contributed by atoms with Crippen molar-refractivity contribution in [2.24, 2.45) is 17.6 Å². The molecule has 34 heavy (non-hydrogen) atoms. The SMILES string of the molecule is CN(C)CCc1ccc(O)c2c1CC1CC3C(N(C)C)C(O)=C(C(N)=O)CC3(O)C(O)=C1C2=O. The maximum absolute atomic E-state index is 13.6. The molecule has 3 aliphatic rings. The van der Waals surface area contributed by atoms with E-state index in [2.05, 4.69) is 0 Å². The number of fused-ring (bicyclic) bond motifs is 3. The summed E-state index contributed by atoms with van der Waals surface area (Å²) in [6.45, 7) is 0.768. The number of ketones is 1. The topological polar surface area (TPSA) is 148 Å². The highest BCUT2D eigenvalue weighted by Crippen LogP contribution is 2.53. The number of rotatable bonds is 5. The highest BCUT2D eigenvalue weighted by Gasteiger charge is 2.58. The molecule has 1 aromatic rings. The molecule has 184 valence electrons. The molecule has 4 unspecified atom stereocenters. The van der Waals surface area contributed by atoms with E-state index in [9.17, 15) is 30.0 Å². The van der Waals surface area contributed by atoms with Crippen molar-refractivity contribution >= 4 is 11.7 Å². The lowest BCUT2D eigenvalue weighted by Crippen LogP contribution is -2.59. The minimum absolute atomic E-state index is 0.0639. The van der Waals surface area contributed by atoms with Crippen molar-refractivity contribution in [3.05, 3.63) is 51.5 Å². The molecular formula is C25H33N3O6. The number of likely N-dealkylation sites (N-methyl/N-ethyl adjacent to an activating group) is 2. The smallest absolute Gasteiger partial charge is 0.248 e. The molecule has 9 nitrogen and oxygen atoms in total. The quantitative estimate of drug-likeness (QED) is 0.428. The fraction of sp³-hybridized carbons (Fsp3) is 0.520. The summed E-state index contributed by atoms with van der Waals surface area (Å²) >= 11 is 0. The number of aromatic hydroxyl groups is 1. The van der Waals surface area contributed by atoms with Crippen LogP contribution in [0, 0.1) is 11.8 Å². The molecular weight excluding hydrogens is 438 g/mol. The Hall–Kier alpha value is -2.88. The van der Waals surface area contributed by atoms with E-state index in [1.807, 2.05) is 25.1 Å². The zero-order chi connectivity index (χ0) is 25.1. The number of carbonyl (C=O) groups is 2. The number of nitrogens with two attached hydrogens (primary N) is 1. The van der Waals surface area contributed by atoms with Crippen molar-refractivity contribution in [1.82, 2.24) is 9.80 Å². The van der Waals surface area contributed by atoms with Crippen LogP contribution in [0.5, 0.6) is 5.75 Å². The lowest BCUT2D eigenvalue weighted by Gasteiger charge is -2.51. The number of nitrogens with zero attached hydrogens (tertiary/aromatic N) is 2. The number of benzene rings is 1. The number of aliphatic hydroxyl groups excluding tert-OH is 2. The molecule has 0 saturated carbocycles. The van der Waals surface area contributed by atoms with Crippen LogP contribution in [0.3, 0.4) is 0 Å². The van der Waals surface area contributed by atoms with Gasteiger partial charge in [0, 0.05) is 24.5 Å². The maximum atomic E-state index is 13.6. The monoisotopic (exact) mass is 471 g/mol. The molecule has 9 heteroatoms. The Morgan fingerprint density at radius 2 is 1.85 bits per heavy atom. The van der Waals surface area contributed by atoms with Crippen LogP contribution < -0.4 is 5.73 Å². The highest BCUT2D eigenvalue weighted by atomic mass is 16.3. The van der Waals surface area contributed by atoms with Crippen molar-refractivity contribution in [3.63, 3.8) is 0 Å². The number of Topliss-reactive ketones (excluding diaryl/α,β-unsaturated/α-hetero) is 1. The number of phenols is 1. The van der Waals surface area contributed by atoms with E-state index in [-0.39, 0.29) is 34.6 Å². The zero-order valence-corrected chi connectivity index (χ0v) is 20.0. The molecule has 4 atom stereocenters. The van der Waals surface area contributed by atoms with Gasteiger partial charge in [-0.1, -0.05) is 6.07 Å². The van der Waals surface area contributed by atoms with Gasteiger partial charge in [0.15, 0.2) is 5.78 Å². The molecule has 0 saturated heterocycles. The van der Waals surface area contributed by atoms with E-state index < -0.39 is 40.9 Å². The zero-order valence-electron chi connectivity index (χ0n) is 20.0. The Balaban J connectivity index is 1.86. The Morgan fingerprint density at radius 1 is 1.18 bits per heavy atom. The van der Waals surface area contributed by atoms with E-state index in [1.165, 1.54) is 6.07 Å². The van der Waals surface area contributed by atoms with Crippen LogP contribution in [0.1, 0.15) is 34.3 Å². The normalized spacial score (nSPS) is 28.8. The Bertz CT molecular complexity index is 1120. The lowest BCUT2D eigenvalue weighted by molar-refractivity contribution is -0.118. The summed E-state index contributed by atoms with van der Waals surface area (Å²) in [5.41, 5.74) is 5.30. The second-order valence-corrected chi connectivity index (χ2v) is 10.2. The molecule has 6 N–H and O–H groups in total. The van der Waals surface area contributed by atoms with E-state index in [0.29, 0.717) is 19.3 Å². The first kappa shape index (κ1) is 24.3. The van der Waals surface area contributed by atoms with Crippen molar-refractivity contribution in [2.45, 2.75) is 37.3 Å². The molecule has 1 amide bonds.